The van der Waals surface area contributed by atoms with Crippen LogP contribution in [-0.2, 0) is 0 Å². The van der Waals surface area contributed by atoms with Gasteiger partial charge in [0.15, 0.2) is 0 Å². The summed E-state index contributed by atoms with van der Waals surface area (Å²) in [5.74, 6) is 4.21. The van der Waals surface area contributed by atoms with Crippen LogP contribution in [0.25, 0.3) is 0 Å². The maximum Gasteiger partial charge on any atom is 0.0751 e. The van der Waals surface area contributed by atoms with Gasteiger partial charge in [-0.3, -0.25) is 0 Å². The molecule has 0 amide bonds. The van der Waals surface area contributed by atoms with Crippen molar-refractivity contribution in [3.63, 3.8) is 0 Å². The fraction of sp³-hybridized carbons (Fsp3) is 0.708. The molecule has 2 fully saturated rings. The van der Waals surface area contributed by atoms with Crippen molar-refractivity contribution in [1.29, 1.82) is 5.26 Å². The van der Waals surface area contributed by atoms with Crippen molar-refractivity contribution in [3.8, 4) is 6.07 Å². The Bertz CT molecular complexity index is 602. The van der Waals surface area contributed by atoms with E-state index in [0.29, 0.717) is 10.5 Å². The smallest absolute Gasteiger partial charge is 0.0751 e. The first-order valence-corrected chi connectivity index (χ1v) is 13.0. The van der Waals surface area contributed by atoms with E-state index in [-0.39, 0.29) is 5.41 Å². The lowest BCUT2D eigenvalue weighted by Crippen LogP contribution is -2.25. The van der Waals surface area contributed by atoms with E-state index in [0.717, 1.165) is 25.2 Å². The van der Waals surface area contributed by atoms with Gasteiger partial charge in [-0.25, -0.2) is 0 Å². The quantitative estimate of drug-likeness (QED) is 0.463. The highest BCUT2D eigenvalue weighted by molar-refractivity contribution is 8.16. The van der Waals surface area contributed by atoms with Crippen molar-refractivity contribution in [2.75, 3.05) is 11.5 Å². The van der Waals surface area contributed by atoms with E-state index in [2.05, 4.69) is 67.7 Å². The molecule has 1 heterocycles. The minimum absolute atomic E-state index is 0.0309. The van der Waals surface area contributed by atoms with Crippen LogP contribution in [0.5, 0.6) is 0 Å². The lowest BCUT2D eigenvalue weighted by molar-refractivity contribution is 0.224. The molecule has 0 bridgehead atoms. The molecule has 1 aliphatic heterocycles. The Hall–Kier alpha value is -0.590. The van der Waals surface area contributed by atoms with Gasteiger partial charge in [-0.15, -0.1) is 23.5 Å². The van der Waals surface area contributed by atoms with E-state index in [1.165, 1.54) is 61.2 Å². The molecule has 1 nitrogen and oxygen atoms in total. The largest absolute Gasteiger partial charge is 0.198 e. The second-order valence-electron chi connectivity index (χ2n) is 8.59. The van der Waals surface area contributed by atoms with Crippen LogP contribution in [0.1, 0.15) is 93.3 Å². The molecule has 0 atom stereocenters. The van der Waals surface area contributed by atoms with Gasteiger partial charge < -0.3 is 0 Å². The number of rotatable bonds is 7. The third kappa shape index (κ3) is 5.48. The molecule has 1 aliphatic carbocycles. The number of nitrogens with zero attached hydrogens (tertiary/aromatic N) is 1. The van der Waals surface area contributed by atoms with Gasteiger partial charge in [-0.05, 0) is 73.0 Å². The van der Waals surface area contributed by atoms with Crippen LogP contribution in [0.4, 0.5) is 0 Å². The first kappa shape index (κ1) is 21.1. The first-order valence-electron chi connectivity index (χ1n) is 10.9. The molecule has 1 saturated carbocycles. The Kier molecular flexibility index (Phi) is 8.03. The number of benzene rings is 1. The standard InChI is InChI=1S/C24H35NS2/c1-3-5-13-24(18-25)14-11-21(12-15-24)20-7-9-22(10-8-20)23-26-16-19(6-4-2)17-27-23/h7-10,19,21,23H,3-6,11-17H2,1-2H3. The third-order valence-electron chi connectivity index (χ3n) is 6.53. The van der Waals surface area contributed by atoms with Gasteiger partial charge in [0.2, 0.25) is 0 Å². The van der Waals surface area contributed by atoms with E-state index in [9.17, 15) is 5.26 Å². The van der Waals surface area contributed by atoms with Gasteiger partial charge in [-0.1, -0.05) is 57.4 Å². The molecular weight excluding hydrogens is 366 g/mol. The third-order valence-corrected chi connectivity index (χ3v) is 9.83. The Labute approximate surface area is 175 Å². The highest BCUT2D eigenvalue weighted by atomic mass is 32.2. The molecule has 1 aromatic carbocycles. The molecule has 1 saturated heterocycles. The molecule has 27 heavy (non-hydrogen) atoms. The molecule has 2 aliphatic rings. The maximum absolute atomic E-state index is 9.70. The SMILES string of the molecule is CCCCC1(C#N)CCC(c2ccc(C3SCC(CCC)CS3)cc2)CC1. The Morgan fingerprint density at radius 3 is 2.19 bits per heavy atom. The number of unbranched alkanes of at least 4 members (excludes halogenated alkanes) is 1. The van der Waals surface area contributed by atoms with Crippen LogP contribution in [0.15, 0.2) is 24.3 Å². The summed E-state index contributed by atoms with van der Waals surface area (Å²) in [7, 11) is 0. The van der Waals surface area contributed by atoms with Crippen molar-refractivity contribution in [3.05, 3.63) is 35.4 Å². The van der Waals surface area contributed by atoms with E-state index < -0.39 is 0 Å². The minimum atomic E-state index is -0.0309. The van der Waals surface area contributed by atoms with E-state index in [1.807, 2.05) is 0 Å². The lowest BCUT2D eigenvalue weighted by atomic mass is 9.67. The molecule has 0 unspecified atom stereocenters. The lowest BCUT2D eigenvalue weighted by Gasteiger charge is -2.35. The van der Waals surface area contributed by atoms with Crippen molar-refractivity contribution in [2.45, 2.75) is 82.1 Å². The zero-order valence-corrected chi connectivity index (χ0v) is 18.7. The zero-order valence-electron chi connectivity index (χ0n) is 17.1. The fourth-order valence-corrected chi connectivity index (χ4v) is 7.84. The molecule has 0 aromatic heterocycles. The van der Waals surface area contributed by atoms with Crippen LogP contribution in [0.2, 0.25) is 0 Å². The summed E-state index contributed by atoms with van der Waals surface area (Å²) in [5.41, 5.74) is 2.96. The molecule has 3 rings (SSSR count). The van der Waals surface area contributed by atoms with Gasteiger partial charge in [0, 0.05) is 0 Å². The summed E-state index contributed by atoms with van der Waals surface area (Å²) in [6, 6.07) is 12.2. The van der Waals surface area contributed by atoms with Gasteiger partial charge in [0.25, 0.3) is 0 Å². The van der Waals surface area contributed by atoms with Gasteiger partial charge in [0.1, 0.15) is 0 Å². The van der Waals surface area contributed by atoms with Crippen LogP contribution in [-0.4, -0.2) is 11.5 Å². The summed E-state index contributed by atoms with van der Waals surface area (Å²) in [4.78, 5) is 0. The minimum Gasteiger partial charge on any atom is -0.198 e. The van der Waals surface area contributed by atoms with Gasteiger partial charge in [0.05, 0.1) is 16.1 Å². The van der Waals surface area contributed by atoms with Crippen molar-refractivity contribution in [2.24, 2.45) is 11.3 Å². The topological polar surface area (TPSA) is 23.8 Å². The monoisotopic (exact) mass is 401 g/mol. The van der Waals surface area contributed by atoms with Gasteiger partial charge >= 0.3 is 0 Å². The Balaban J connectivity index is 1.53. The molecule has 0 spiro atoms. The second-order valence-corrected chi connectivity index (χ2v) is 11.2. The molecule has 0 N–H and O–H groups in total. The second kappa shape index (κ2) is 10.3. The molecule has 3 heteroatoms. The summed E-state index contributed by atoms with van der Waals surface area (Å²) >= 11 is 4.29. The van der Waals surface area contributed by atoms with E-state index >= 15 is 0 Å². The first-order chi connectivity index (χ1) is 13.2. The average molecular weight is 402 g/mol. The maximum atomic E-state index is 9.70. The summed E-state index contributed by atoms with van der Waals surface area (Å²) in [6.45, 7) is 4.53. The summed E-state index contributed by atoms with van der Waals surface area (Å²) in [5, 5.41) is 9.70. The number of nitriles is 1. The number of hydrogen-bond donors (Lipinski definition) is 0. The molecular formula is C24H35NS2. The summed E-state index contributed by atoms with van der Waals surface area (Å²) < 4.78 is 0.624. The van der Waals surface area contributed by atoms with E-state index in [1.54, 1.807) is 0 Å². The van der Waals surface area contributed by atoms with Crippen molar-refractivity contribution >= 4 is 23.5 Å². The fourth-order valence-electron chi connectivity index (χ4n) is 4.67. The van der Waals surface area contributed by atoms with E-state index in [4.69, 9.17) is 0 Å². The number of hydrogen-bond acceptors (Lipinski definition) is 3. The van der Waals surface area contributed by atoms with Crippen LogP contribution in [0, 0.1) is 22.7 Å². The molecule has 1 aromatic rings. The molecule has 0 radical (unpaired) electrons. The van der Waals surface area contributed by atoms with Crippen molar-refractivity contribution < 1.29 is 0 Å². The predicted molar refractivity (Wildman–Crippen MR) is 121 cm³/mol. The average Bonchev–Trinajstić information content (AvgIpc) is 2.74. The van der Waals surface area contributed by atoms with Crippen LogP contribution >= 0.6 is 23.5 Å². The van der Waals surface area contributed by atoms with Crippen molar-refractivity contribution in [1.82, 2.24) is 0 Å². The Morgan fingerprint density at radius 2 is 1.63 bits per heavy atom. The Morgan fingerprint density at radius 1 is 1.00 bits per heavy atom. The molecule has 148 valence electrons. The zero-order chi connectivity index (χ0) is 19.1. The predicted octanol–water partition coefficient (Wildman–Crippen LogP) is 7.94. The highest BCUT2D eigenvalue weighted by Gasteiger charge is 2.35. The number of thioether (sulfide) groups is 2. The van der Waals surface area contributed by atoms with Gasteiger partial charge in [-0.2, -0.15) is 5.26 Å². The van der Waals surface area contributed by atoms with Crippen LogP contribution in [0.3, 0.4) is 0 Å². The summed E-state index contributed by atoms with van der Waals surface area (Å²) in [6.07, 6.45) is 10.7. The van der Waals surface area contributed by atoms with Crippen LogP contribution < -0.4 is 0 Å². The normalized spacial score (nSPS) is 31.4. The highest BCUT2D eigenvalue weighted by Crippen LogP contribution is 2.48.